The average Bonchev–Trinajstić information content (AvgIpc) is 3.04. The number of methoxy groups -OCH3 is 4. The highest BCUT2D eigenvalue weighted by Crippen LogP contribution is 2.35. The van der Waals surface area contributed by atoms with E-state index in [2.05, 4.69) is 6.07 Å². The van der Waals surface area contributed by atoms with Crippen molar-refractivity contribution in [2.24, 2.45) is 0 Å². The molecule has 0 amide bonds. The Labute approximate surface area is 243 Å². The molecule has 9 heteroatoms. The lowest BCUT2D eigenvalue weighted by molar-refractivity contribution is 0.110. The molecule has 0 aliphatic carbocycles. The minimum Gasteiger partial charge on any atom is -0.496 e. The maximum absolute atomic E-state index is 11.5. The summed E-state index contributed by atoms with van der Waals surface area (Å²) in [6.45, 7) is 0.332. The van der Waals surface area contributed by atoms with Crippen LogP contribution in [0.4, 0.5) is 0 Å². The van der Waals surface area contributed by atoms with Gasteiger partial charge in [0.1, 0.15) is 53.8 Å². The van der Waals surface area contributed by atoms with Gasteiger partial charge in [-0.25, -0.2) is 0 Å². The standard InChI is InChI=1S/C33H29NO8/c1-37-30-12-24(13-31(38-2)28(30)17-35)41-19-21-7-5-8-22(11-21)26-10-6-9-23(27(26)16-34)20-42-25-14-32(39-3)29(18-36)33(15-25)40-4/h5-15,17-18H,19-20H2,1-4H3. The zero-order chi connectivity index (χ0) is 30.1. The minimum atomic E-state index is 0.104. The van der Waals surface area contributed by atoms with Crippen molar-refractivity contribution >= 4 is 12.6 Å². The highest BCUT2D eigenvalue weighted by atomic mass is 16.5. The van der Waals surface area contributed by atoms with Crippen LogP contribution in [0.25, 0.3) is 11.1 Å². The molecule has 0 unspecified atom stereocenters. The van der Waals surface area contributed by atoms with Crippen molar-refractivity contribution in [3.63, 3.8) is 0 Å². The number of hydrogen-bond donors (Lipinski definition) is 0. The van der Waals surface area contributed by atoms with E-state index in [4.69, 9.17) is 28.4 Å². The van der Waals surface area contributed by atoms with E-state index in [0.717, 1.165) is 16.7 Å². The summed E-state index contributed by atoms with van der Waals surface area (Å²) < 4.78 is 33.2. The average molecular weight is 568 g/mol. The summed E-state index contributed by atoms with van der Waals surface area (Å²) >= 11 is 0. The quantitative estimate of drug-likeness (QED) is 0.178. The molecule has 0 fully saturated rings. The molecule has 0 N–H and O–H groups in total. The fourth-order valence-electron chi connectivity index (χ4n) is 4.48. The molecule has 0 saturated carbocycles. The predicted molar refractivity (Wildman–Crippen MR) is 155 cm³/mol. The molecule has 0 atom stereocenters. The monoisotopic (exact) mass is 567 g/mol. The Morgan fingerprint density at radius 1 is 0.667 bits per heavy atom. The topological polar surface area (TPSA) is 113 Å². The van der Waals surface area contributed by atoms with Crippen LogP contribution in [0.15, 0.2) is 66.7 Å². The second-order valence-electron chi connectivity index (χ2n) is 8.95. The molecule has 0 aromatic heterocycles. The molecule has 4 rings (SSSR count). The third-order valence-corrected chi connectivity index (χ3v) is 6.57. The summed E-state index contributed by atoms with van der Waals surface area (Å²) in [5, 5.41) is 10.1. The molecule has 0 saturated heterocycles. The Kier molecular flexibility index (Phi) is 9.64. The van der Waals surface area contributed by atoms with E-state index in [1.807, 2.05) is 42.5 Å². The van der Waals surface area contributed by atoms with Gasteiger partial charge in [-0.2, -0.15) is 5.26 Å². The van der Waals surface area contributed by atoms with Gasteiger partial charge in [0.25, 0.3) is 0 Å². The number of rotatable bonds is 13. The Balaban J connectivity index is 1.56. The third kappa shape index (κ3) is 6.29. The summed E-state index contributed by atoms with van der Waals surface area (Å²) in [5.74, 6) is 2.25. The van der Waals surface area contributed by atoms with Crippen LogP contribution in [0.2, 0.25) is 0 Å². The lowest BCUT2D eigenvalue weighted by atomic mass is 9.95. The van der Waals surface area contributed by atoms with Crippen molar-refractivity contribution in [1.29, 1.82) is 5.26 Å². The van der Waals surface area contributed by atoms with Gasteiger partial charge in [0.15, 0.2) is 12.6 Å². The normalized spacial score (nSPS) is 10.3. The van der Waals surface area contributed by atoms with Gasteiger partial charge in [-0.3, -0.25) is 9.59 Å². The van der Waals surface area contributed by atoms with Crippen molar-refractivity contribution in [3.05, 3.63) is 94.5 Å². The van der Waals surface area contributed by atoms with E-state index in [-0.39, 0.29) is 18.8 Å². The molecule has 4 aromatic carbocycles. The number of hydrogen-bond acceptors (Lipinski definition) is 9. The van der Waals surface area contributed by atoms with Gasteiger partial charge in [-0.05, 0) is 22.8 Å². The van der Waals surface area contributed by atoms with Crippen LogP contribution < -0.4 is 28.4 Å². The molecule has 0 bridgehead atoms. The first-order valence-corrected chi connectivity index (χ1v) is 12.8. The molecule has 0 spiro atoms. The summed E-state index contributed by atoms with van der Waals surface area (Å²) in [4.78, 5) is 22.9. The van der Waals surface area contributed by atoms with E-state index in [1.165, 1.54) is 28.4 Å². The molecule has 0 radical (unpaired) electrons. The highest BCUT2D eigenvalue weighted by molar-refractivity contribution is 5.85. The molecular weight excluding hydrogens is 538 g/mol. The predicted octanol–water partition coefficient (Wildman–Crippen LogP) is 6.04. The number of nitrogens with zero attached hydrogens (tertiary/aromatic N) is 1. The number of benzene rings is 4. The number of ether oxygens (including phenoxy) is 6. The second kappa shape index (κ2) is 13.7. The molecule has 42 heavy (non-hydrogen) atoms. The van der Waals surface area contributed by atoms with Gasteiger partial charge >= 0.3 is 0 Å². The molecule has 0 heterocycles. The molecule has 9 nitrogen and oxygen atoms in total. The van der Waals surface area contributed by atoms with E-state index < -0.39 is 0 Å². The molecular formula is C33H29NO8. The summed E-state index contributed by atoms with van der Waals surface area (Å²) in [5.41, 5.74) is 4.18. The summed E-state index contributed by atoms with van der Waals surface area (Å²) in [6.07, 6.45) is 1.34. The lowest BCUT2D eigenvalue weighted by Gasteiger charge is -2.15. The van der Waals surface area contributed by atoms with E-state index in [9.17, 15) is 14.9 Å². The first kappa shape index (κ1) is 29.5. The number of aldehydes is 2. The second-order valence-corrected chi connectivity index (χ2v) is 8.95. The zero-order valence-corrected chi connectivity index (χ0v) is 23.6. The number of carbonyl (C=O) groups is 2. The Morgan fingerprint density at radius 3 is 1.64 bits per heavy atom. The lowest BCUT2D eigenvalue weighted by Crippen LogP contribution is -2.02. The zero-order valence-electron chi connectivity index (χ0n) is 23.6. The highest BCUT2D eigenvalue weighted by Gasteiger charge is 2.16. The number of carbonyl (C=O) groups excluding carboxylic acids is 2. The summed E-state index contributed by atoms with van der Waals surface area (Å²) in [7, 11) is 5.86. The maximum atomic E-state index is 11.5. The van der Waals surface area contributed by atoms with Crippen LogP contribution >= 0.6 is 0 Å². The first-order chi connectivity index (χ1) is 20.5. The van der Waals surface area contributed by atoms with Crippen molar-refractivity contribution in [3.8, 4) is 51.7 Å². The molecule has 0 aliphatic heterocycles. The number of nitriles is 1. The fraction of sp³-hybridized carbons (Fsp3) is 0.182. The van der Waals surface area contributed by atoms with Crippen LogP contribution in [-0.4, -0.2) is 41.0 Å². The maximum Gasteiger partial charge on any atom is 0.157 e. The Bertz CT molecular complexity index is 1590. The van der Waals surface area contributed by atoms with Gasteiger partial charge in [-0.15, -0.1) is 0 Å². The first-order valence-electron chi connectivity index (χ1n) is 12.8. The molecule has 4 aromatic rings. The molecule has 214 valence electrons. The van der Waals surface area contributed by atoms with Gasteiger partial charge in [0.05, 0.1) is 45.1 Å². The Morgan fingerprint density at radius 2 is 1.17 bits per heavy atom. The van der Waals surface area contributed by atoms with Crippen molar-refractivity contribution in [1.82, 2.24) is 0 Å². The van der Waals surface area contributed by atoms with Crippen molar-refractivity contribution in [2.45, 2.75) is 13.2 Å². The van der Waals surface area contributed by atoms with Gasteiger partial charge in [0.2, 0.25) is 0 Å². The smallest absolute Gasteiger partial charge is 0.157 e. The van der Waals surface area contributed by atoms with Crippen LogP contribution in [-0.2, 0) is 13.2 Å². The van der Waals surface area contributed by atoms with Crippen LogP contribution in [0.3, 0.4) is 0 Å². The van der Waals surface area contributed by atoms with Crippen molar-refractivity contribution in [2.75, 3.05) is 28.4 Å². The van der Waals surface area contributed by atoms with Gasteiger partial charge in [0, 0.05) is 29.8 Å². The third-order valence-electron chi connectivity index (χ3n) is 6.57. The molecule has 0 aliphatic rings. The minimum absolute atomic E-state index is 0.104. The van der Waals surface area contributed by atoms with Crippen LogP contribution in [0, 0.1) is 11.3 Å². The van der Waals surface area contributed by atoms with Crippen molar-refractivity contribution < 1.29 is 38.0 Å². The SMILES string of the molecule is COc1cc(OCc2cccc(-c3cccc(COc4cc(OC)c(C=O)c(OC)c4)c3C#N)c2)cc(OC)c1C=O. The fourth-order valence-corrected chi connectivity index (χ4v) is 4.48. The van der Waals surface area contributed by atoms with E-state index in [1.54, 1.807) is 24.3 Å². The Hall–Kier alpha value is -5.49. The largest absolute Gasteiger partial charge is 0.496 e. The van der Waals surface area contributed by atoms with Gasteiger partial charge in [-0.1, -0.05) is 36.4 Å². The van der Waals surface area contributed by atoms with E-state index >= 15 is 0 Å². The van der Waals surface area contributed by atoms with Gasteiger partial charge < -0.3 is 28.4 Å². The van der Waals surface area contributed by atoms with E-state index in [0.29, 0.717) is 63.8 Å². The summed E-state index contributed by atoms with van der Waals surface area (Å²) in [6, 6.07) is 22.0. The van der Waals surface area contributed by atoms with Crippen LogP contribution in [0.1, 0.15) is 37.4 Å². The van der Waals surface area contributed by atoms with Crippen LogP contribution in [0.5, 0.6) is 34.5 Å².